The highest BCUT2D eigenvalue weighted by Gasteiger charge is 2.35. The number of ether oxygens (including phenoxy) is 1. The van der Waals surface area contributed by atoms with Gasteiger partial charge in [0.1, 0.15) is 0 Å². The molecule has 1 aromatic heterocycles. The second-order valence-corrected chi connectivity index (χ2v) is 7.40. The molecule has 4 rings (SSSR count). The maximum Gasteiger partial charge on any atom is 0.252 e. The van der Waals surface area contributed by atoms with E-state index >= 15 is 0 Å². The van der Waals surface area contributed by atoms with Crippen molar-refractivity contribution >= 4 is 5.91 Å². The van der Waals surface area contributed by atoms with Crippen molar-refractivity contribution in [1.82, 2.24) is 10.3 Å². The summed E-state index contributed by atoms with van der Waals surface area (Å²) in [6, 6.07) is 17.0. The van der Waals surface area contributed by atoms with Gasteiger partial charge < -0.3 is 19.6 Å². The highest BCUT2D eigenvalue weighted by Crippen LogP contribution is 2.32. The van der Waals surface area contributed by atoms with Gasteiger partial charge in [0.05, 0.1) is 18.4 Å². The molecule has 29 heavy (non-hydrogen) atoms. The molecule has 150 valence electrons. The fourth-order valence-corrected chi connectivity index (χ4v) is 3.68. The molecule has 1 saturated heterocycles. The van der Waals surface area contributed by atoms with E-state index in [0.29, 0.717) is 49.0 Å². The Bertz CT molecular complexity index is 962. The predicted octanol–water partition coefficient (Wildman–Crippen LogP) is 3.53. The molecule has 0 aliphatic carbocycles. The summed E-state index contributed by atoms with van der Waals surface area (Å²) in [6.07, 6.45) is 3.11. The third-order valence-electron chi connectivity index (χ3n) is 5.42. The lowest BCUT2D eigenvalue weighted by molar-refractivity contribution is 0.0890. The first-order chi connectivity index (χ1) is 14.2. The van der Waals surface area contributed by atoms with Crippen LogP contribution in [0.25, 0.3) is 22.8 Å². The van der Waals surface area contributed by atoms with E-state index in [0.717, 1.165) is 12.0 Å². The zero-order valence-electron chi connectivity index (χ0n) is 16.1. The highest BCUT2D eigenvalue weighted by atomic mass is 16.5. The Morgan fingerprint density at radius 1 is 1.14 bits per heavy atom. The van der Waals surface area contributed by atoms with Gasteiger partial charge in [-0.3, -0.25) is 4.79 Å². The number of hydrogen-bond donors (Lipinski definition) is 2. The van der Waals surface area contributed by atoms with Crippen molar-refractivity contribution in [2.75, 3.05) is 26.4 Å². The zero-order chi connectivity index (χ0) is 20.1. The van der Waals surface area contributed by atoms with Crippen molar-refractivity contribution < 1.29 is 19.1 Å². The average molecular weight is 392 g/mol. The fourth-order valence-electron chi connectivity index (χ4n) is 3.68. The molecule has 0 unspecified atom stereocenters. The molecule has 2 N–H and O–H groups in total. The van der Waals surface area contributed by atoms with Crippen molar-refractivity contribution in [3.8, 4) is 22.8 Å². The molecule has 1 fully saturated rings. The summed E-state index contributed by atoms with van der Waals surface area (Å²) >= 11 is 0. The number of carbonyl (C=O) groups excluding carboxylic acids is 1. The summed E-state index contributed by atoms with van der Waals surface area (Å²) in [4.78, 5) is 17.3. The topological polar surface area (TPSA) is 84.6 Å². The summed E-state index contributed by atoms with van der Waals surface area (Å²) in [5, 5.41) is 12.4. The van der Waals surface area contributed by atoms with Crippen LogP contribution in [0.4, 0.5) is 0 Å². The van der Waals surface area contributed by atoms with Gasteiger partial charge in [0, 0.05) is 36.3 Å². The summed E-state index contributed by atoms with van der Waals surface area (Å²) in [5.74, 6) is 0.869. The van der Waals surface area contributed by atoms with Crippen LogP contribution >= 0.6 is 0 Å². The maximum absolute atomic E-state index is 12.9. The van der Waals surface area contributed by atoms with Crippen molar-refractivity contribution in [3.63, 3.8) is 0 Å². The van der Waals surface area contributed by atoms with E-state index in [2.05, 4.69) is 10.3 Å². The first-order valence-electron chi connectivity index (χ1n) is 9.78. The van der Waals surface area contributed by atoms with E-state index in [1.807, 2.05) is 48.5 Å². The van der Waals surface area contributed by atoms with E-state index in [-0.39, 0.29) is 17.9 Å². The van der Waals surface area contributed by atoms with Gasteiger partial charge in [0.2, 0.25) is 5.89 Å². The number of oxazole rings is 1. The van der Waals surface area contributed by atoms with Crippen LogP contribution in [-0.2, 0) is 4.74 Å². The molecular weight excluding hydrogens is 368 g/mol. The number of aromatic nitrogens is 1. The van der Waals surface area contributed by atoms with Gasteiger partial charge in [-0.2, -0.15) is 0 Å². The number of nitrogens with one attached hydrogen (secondary N) is 1. The molecule has 2 aromatic carbocycles. The Morgan fingerprint density at radius 3 is 2.69 bits per heavy atom. The Hall–Kier alpha value is -2.96. The van der Waals surface area contributed by atoms with Crippen molar-refractivity contribution in [3.05, 3.63) is 66.4 Å². The smallest absolute Gasteiger partial charge is 0.252 e. The first kappa shape index (κ1) is 19.4. The van der Waals surface area contributed by atoms with Crippen LogP contribution in [0.1, 0.15) is 23.2 Å². The molecular formula is C23H24N2O4. The molecule has 1 aliphatic rings. The molecule has 0 radical (unpaired) electrons. The minimum Gasteiger partial charge on any atom is -0.436 e. The second-order valence-electron chi connectivity index (χ2n) is 7.40. The number of rotatable bonds is 7. The van der Waals surface area contributed by atoms with Crippen LogP contribution in [0.5, 0.6) is 0 Å². The fraction of sp³-hybridized carbons (Fsp3) is 0.304. The lowest BCUT2D eigenvalue weighted by atomic mass is 9.84. The lowest BCUT2D eigenvalue weighted by Gasteiger charge is -2.26. The van der Waals surface area contributed by atoms with Crippen LogP contribution < -0.4 is 5.32 Å². The van der Waals surface area contributed by atoms with E-state index in [1.54, 1.807) is 12.3 Å². The SMILES string of the molecule is O=C(NC[C@]1(CCO)CCOC1)c1ccccc1-c1ncc(-c2ccccc2)o1. The number of aliphatic hydroxyl groups is 1. The van der Waals surface area contributed by atoms with E-state index in [1.165, 1.54) is 0 Å². The molecule has 1 amide bonds. The third kappa shape index (κ3) is 4.23. The summed E-state index contributed by atoms with van der Waals surface area (Å²) in [7, 11) is 0. The van der Waals surface area contributed by atoms with Crippen molar-refractivity contribution in [1.29, 1.82) is 0 Å². The van der Waals surface area contributed by atoms with Crippen LogP contribution in [0.15, 0.2) is 65.2 Å². The zero-order valence-corrected chi connectivity index (χ0v) is 16.1. The molecule has 6 nitrogen and oxygen atoms in total. The van der Waals surface area contributed by atoms with Crippen molar-refractivity contribution in [2.45, 2.75) is 12.8 Å². The lowest BCUT2D eigenvalue weighted by Crippen LogP contribution is -2.39. The molecule has 0 bridgehead atoms. The minimum atomic E-state index is -0.206. The second kappa shape index (κ2) is 8.59. The van der Waals surface area contributed by atoms with Gasteiger partial charge in [-0.1, -0.05) is 42.5 Å². The molecule has 1 aliphatic heterocycles. The van der Waals surface area contributed by atoms with E-state index < -0.39 is 0 Å². The van der Waals surface area contributed by atoms with Crippen LogP contribution in [-0.4, -0.2) is 42.4 Å². The molecule has 0 saturated carbocycles. The quantitative estimate of drug-likeness (QED) is 0.643. The molecule has 3 aromatic rings. The van der Waals surface area contributed by atoms with Crippen molar-refractivity contribution in [2.24, 2.45) is 5.41 Å². The Balaban J connectivity index is 1.54. The molecule has 0 spiro atoms. The summed E-state index contributed by atoms with van der Waals surface area (Å²) in [6.45, 7) is 1.75. The van der Waals surface area contributed by atoms with E-state index in [9.17, 15) is 9.90 Å². The van der Waals surface area contributed by atoms with Gasteiger partial charge >= 0.3 is 0 Å². The first-order valence-corrected chi connectivity index (χ1v) is 9.78. The van der Waals surface area contributed by atoms with Gasteiger partial charge in [0.15, 0.2) is 5.76 Å². The largest absolute Gasteiger partial charge is 0.436 e. The van der Waals surface area contributed by atoms with Gasteiger partial charge in [-0.15, -0.1) is 0 Å². The Labute approximate surface area is 169 Å². The summed E-state index contributed by atoms with van der Waals surface area (Å²) < 4.78 is 11.4. The maximum atomic E-state index is 12.9. The highest BCUT2D eigenvalue weighted by molar-refractivity contribution is 6.00. The van der Waals surface area contributed by atoms with Crippen LogP contribution in [0, 0.1) is 5.41 Å². The number of benzene rings is 2. The number of hydrogen-bond acceptors (Lipinski definition) is 5. The number of amides is 1. The minimum absolute atomic E-state index is 0.0778. The van der Waals surface area contributed by atoms with Crippen LogP contribution in [0.2, 0.25) is 0 Å². The Kier molecular flexibility index (Phi) is 5.74. The monoisotopic (exact) mass is 392 g/mol. The van der Waals surface area contributed by atoms with Gasteiger partial charge in [0.25, 0.3) is 5.91 Å². The number of carbonyl (C=O) groups is 1. The van der Waals surface area contributed by atoms with Gasteiger partial charge in [-0.05, 0) is 25.0 Å². The number of aliphatic hydroxyl groups excluding tert-OH is 1. The van der Waals surface area contributed by atoms with Gasteiger partial charge in [-0.25, -0.2) is 4.98 Å². The van der Waals surface area contributed by atoms with Crippen LogP contribution in [0.3, 0.4) is 0 Å². The standard InChI is InChI=1S/C23H24N2O4/c26-12-10-23(11-13-28-16-23)15-25-21(27)18-8-4-5-9-19(18)22-24-14-20(29-22)17-6-2-1-3-7-17/h1-9,14,26H,10-13,15-16H2,(H,25,27)/t23-/m0/s1. The molecule has 1 atom stereocenters. The third-order valence-corrected chi connectivity index (χ3v) is 5.42. The summed E-state index contributed by atoms with van der Waals surface area (Å²) in [5.41, 5.74) is 1.88. The molecule has 6 heteroatoms. The molecule has 2 heterocycles. The van der Waals surface area contributed by atoms with E-state index in [4.69, 9.17) is 9.15 Å². The number of nitrogens with zero attached hydrogens (tertiary/aromatic N) is 1. The average Bonchev–Trinajstić information content (AvgIpc) is 3.43. The Morgan fingerprint density at radius 2 is 1.93 bits per heavy atom. The normalized spacial score (nSPS) is 18.7. The predicted molar refractivity (Wildman–Crippen MR) is 109 cm³/mol.